The van der Waals surface area contributed by atoms with Crippen LogP contribution in [0.25, 0.3) is 0 Å². The Labute approximate surface area is 147 Å². The van der Waals surface area contributed by atoms with Crippen LogP contribution in [0.1, 0.15) is 29.2 Å². The number of carbonyl (C=O) groups excluding carboxylic acids is 1. The first kappa shape index (κ1) is 16.2. The van der Waals surface area contributed by atoms with Gasteiger partial charge in [-0.2, -0.15) is 0 Å². The number of anilines is 1. The largest absolute Gasteiger partial charge is 0.387 e. The lowest BCUT2D eigenvalue weighted by Crippen LogP contribution is -2.43. The van der Waals surface area contributed by atoms with Crippen LogP contribution in [0.3, 0.4) is 0 Å². The zero-order chi connectivity index (χ0) is 17.6. The molecule has 25 heavy (non-hydrogen) atoms. The Morgan fingerprint density at radius 3 is 2.72 bits per heavy atom. The number of hydrogen-bond donors (Lipinski definition) is 1. The number of β-amino-alcohol motifs (C(OH)–C–C–N with tert-alkyl or cyclic N) is 1. The van der Waals surface area contributed by atoms with Gasteiger partial charge in [0.05, 0.1) is 18.1 Å². The number of benzene rings is 1. The van der Waals surface area contributed by atoms with E-state index < -0.39 is 11.5 Å². The first-order valence-electron chi connectivity index (χ1n) is 8.71. The first-order valence-corrected chi connectivity index (χ1v) is 8.71. The molecule has 2 aliphatic heterocycles. The van der Waals surface area contributed by atoms with E-state index in [1.807, 2.05) is 12.1 Å². The van der Waals surface area contributed by atoms with Crippen molar-refractivity contribution in [3.8, 4) is 0 Å². The maximum Gasteiger partial charge on any atom is 0.239 e. The summed E-state index contributed by atoms with van der Waals surface area (Å²) in [4.78, 5) is 21.4. The van der Waals surface area contributed by atoms with Gasteiger partial charge in [-0.15, -0.1) is 0 Å². The molecule has 1 N–H and O–H groups in total. The van der Waals surface area contributed by atoms with Gasteiger partial charge >= 0.3 is 0 Å². The predicted octanol–water partition coefficient (Wildman–Crippen LogP) is 2.04. The quantitative estimate of drug-likeness (QED) is 0.931. The summed E-state index contributed by atoms with van der Waals surface area (Å²) >= 11 is 0. The summed E-state index contributed by atoms with van der Waals surface area (Å²) in [6, 6.07) is 9.79. The zero-order valence-corrected chi connectivity index (χ0v) is 14.6. The first-order chi connectivity index (χ1) is 12.0. The Kier molecular flexibility index (Phi) is 3.85. The highest BCUT2D eigenvalue weighted by atomic mass is 16.3. The van der Waals surface area contributed by atoms with Crippen LogP contribution in [0.2, 0.25) is 0 Å². The summed E-state index contributed by atoms with van der Waals surface area (Å²) in [5, 5.41) is 10.6. The molecular weight excluding hydrogens is 314 g/mol. The molecule has 5 heteroatoms. The molecule has 0 aliphatic carbocycles. The highest BCUT2D eigenvalue weighted by molar-refractivity contribution is 6.08. The fourth-order valence-corrected chi connectivity index (χ4v) is 4.19. The molecule has 2 aromatic rings. The number of amides is 1. The summed E-state index contributed by atoms with van der Waals surface area (Å²) in [6.45, 7) is 3.99. The van der Waals surface area contributed by atoms with Crippen molar-refractivity contribution in [2.45, 2.75) is 24.9 Å². The summed E-state index contributed by atoms with van der Waals surface area (Å²) in [5.41, 5.74) is 3.54. The molecule has 1 amide bonds. The fourth-order valence-electron chi connectivity index (χ4n) is 4.19. The van der Waals surface area contributed by atoms with Gasteiger partial charge in [-0.3, -0.25) is 9.78 Å². The van der Waals surface area contributed by atoms with E-state index in [4.69, 9.17) is 0 Å². The highest BCUT2D eigenvalue weighted by Crippen LogP contribution is 2.47. The average Bonchev–Trinajstić information content (AvgIpc) is 3.11. The van der Waals surface area contributed by atoms with Crippen LogP contribution in [0.5, 0.6) is 0 Å². The van der Waals surface area contributed by atoms with Crippen LogP contribution in [0, 0.1) is 6.92 Å². The molecule has 1 saturated heterocycles. The van der Waals surface area contributed by atoms with Crippen LogP contribution in [-0.4, -0.2) is 47.6 Å². The number of likely N-dealkylation sites (N-methyl/N-ethyl adjacent to an activating group) is 1. The second-order valence-electron chi connectivity index (χ2n) is 7.30. The minimum absolute atomic E-state index is 0.116. The summed E-state index contributed by atoms with van der Waals surface area (Å²) in [7, 11) is 2.06. The van der Waals surface area contributed by atoms with E-state index in [9.17, 15) is 9.90 Å². The van der Waals surface area contributed by atoms with Crippen molar-refractivity contribution in [2.75, 3.05) is 31.6 Å². The Morgan fingerprint density at radius 2 is 2.04 bits per heavy atom. The monoisotopic (exact) mass is 337 g/mol. The number of aromatic nitrogens is 1. The normalized spacial score (nSPS) is 24.1. The molecule has 5 nitrogen and oxygen atoms in total. The predicted molar refractivity (Wildman–Crippen MR) is 96.5 cm³/mol. The molecule has 0 bridgehead atoms. The fraction of sp³-hybridized carbons (Fsp3) is 0.400. The minimum Gasteiger partial charge on any atom is -0.387 e. The number of carbonyl (C=O) groups is 1. The van der Waals surface area contributed by atoms with Crippen molar-refractivity contribution < 1.29 is 9.90 Å². The summed E-state index contributed by atoms with van der Waals surface area (Å²) in [6.07, 6.45) is 3.43. The van der Waals surface area contributed by atoms with Crippen molar-refractivity contribution in [1.82, 2.24) is 9.88 Å². The van der Waals surface area contributed by atoms with Crippen LogP contribution >= 0.6 is 0 Å². The van der Waals surface area contributed by atoms with E-state index in [2.05, 4.69) is 29.9 Å². The second-order valence-corrected chi connectivity index (χ2v) is 7.30. The number of pyridine rings is 1. The molecule has 3 heterocycles. The van der Waals surface area contributed by atoms with E-state index in [1.165, 1.54) is 0 Å². The van der Waals surface area contributed by atoms with Gasteiger partial charge in [0, 0.05) is 24.6 Å². The SMILES string of the molecule is Cc1ccc2c(c1)C1(CCN(C)C1)C(=O)N2CC(O)c1ccncc1. The topological polar surface area (TPSA) is 56.7 Å². The molecule has 2 unspecified atom stereocenters. The number of rotatable bonds is 3. The molecule has 1 fully saturated rings. The molecule has 0 radical (unpaired) electrons. The van der Waals surface area contributed by atoms with Crippen molar-refractivity contribution in [1.29, 1.82) is 0 Å². The lowest BCUT2D eigenvalue weighted by atomic mass is 9.80. The lowest BCUT2D eigenvalue weighted by Gasteiger charge is -2.25. The molecular formula is C20H23N3O2. The average molecular weight is 337 g/mol. The number of hydrogen-bond acceptors (Lipinski definition) is 4. The molecule has 0 saturated carbocycles. The van der Waals surface area contributed by atoms with Crippen LogP contribution in [0.4, 0.5) is 5.69 Å². The third kappa shape index (κ3) is 2.55. The van der Waals surface area contributed by atoms with Gasteiger partial charge in [-0.05, 0) is 56.3 Å². The molecule has 1 spiro atoms. The van der Waals surface area contributed by atoms with E-state index in [-0.39, 0.29) is 12.5 Å². The Morgan fingerprint density at radius 1 is 1.28 bits per heavy atom. The van der Waals surface area contributed by atoms with Gasteiger partial charge < -0.3 is 14.9 Å². The zero-order valence-electron chi connectivity index (χ0n) is 14.6. The highest BCUT2D eigenvalue weighted by Gasteiger charge is 2.53. The third-order valence-electron chi connectivity index (χ3n) is 5.52. The maximum atomic E-state index is 13.4. The van der Waals surface area contributed by atoms with Gasteiger partial charge in [0.15, 0.2) is 0 Å². The van der Waals surface area contributed by atoms with Gasteiger partial charge in [0.1, 0.15) is 0 Å². The Hall–Kier alpha value is -2.24. The number of fused-ring (bicyclic) bond motifs is 2. The number of aliphatic hydroxyl groups is 1. The van der Waals surface area contributed by atoms with Crippen LogP contribution in [0.15, 0.2) is 42.7 Å². The molecule has 4 rings (SSSR count). The number of aryl methyl sites for hydroxylation is 1. The van der Waals surface area contributed by atoms with Crippen molar-refractivity contribution >= 4 is 11.6 Å². The van der Waals surface area contributed by atoms with Crippen molar-refractivity contribution in [3.63, 3.8) is 0 Å². The number of likely N-dealkylation sites (tertiary alicyclic amines) is 1. The third-order valence-corrected chi connectivity index (χ3v) is 5.52. The standard InChI is InChI=1S/C20H23N3O2/c1-14-3-4-17-16(11-14)20(7-10-22(2)13-20)19(25)23(17)12-18(24)15-5-8-21-9-6-15/h3-6,8-9,11,18,24H,7,10,12-13H2,1-2H3. The van der Waals surface area contributed by atoms with Gasteiger partial charge in [-0.25, -0.2) is 0 Å². The van der Waals surface area contributed by atoms with Crippen LogP contribution < -0.4 is 4.90 Å². The summed E-state index contributed by atoms with van der Waals surface area (Å²) in [5.74, 6) is 0.116. The second kappa shape index (κ2) is 5.93. The lowest BCUT2D eigenvalue weighted by molar-refractivity contribution is -0.123. The van der Waals surface area contributed by atoms with Crippen molar-refractivity contribution in [3.05, 3.63) is 59.4 Å². The Balaban J connectivity index is 1.71. The smallest absolute Gasteiger partial charge is 0.239 e. The van der Waals surface area contributed by atoms with Gasteiger partial charge in [-0.1, -0.05) is 17.7 Å². The Bertz CT molecular complexity index is 808. The molecule has 1 aromatic heterocycles. The van der Waals surface area contributed by atoms with E-state index in [0.29, 0.717) is 0 Å². The molecule has 2 atom stereocenters. The van der Waals surface area contributed by atoms with Crippen LogP contribution in [-0.2, 0) is 10.2 Å². The molecule has 130 valence electrons. The van der Waals surface area contributed by atoms with Gasteiger partial charge in [0.25, 0.3) is 0 Å². The summed E-state index contributed by atoms with van der Waals surface area (Å²) < 4.78 is 0. The van der Waals surface area contributed by atoms with Crippen molar-refractivity contribution in [2.24, 2.45) is 0 Å². The molecule has 2 aliphatic rings. The van der Waals surface area contributed by atoms with E-state index >= 15 is 0 Å². The number of aliphatic hydroxyl groups excluding tert-OH is 1. The molecule has 1 aromatic carbocycles. The minimum atomic E-state index is -0.726. The van der Waals surface area contributed by atoms with E-state index in [0.717, 1.165) is 41.9 Å². The van der Waals surface area contributed by atoms with E-state index in [1.54, 1.807) is 29.4 Å². The number of nitrogens with zero attached hydrogens (tertiary/aromatic N) is 3. The van der Waals surface area contributed by atoms with Gasteiger partial charge in [0.2, 0.25) is 5.91 Å². The maximum absolute atomic E-state index is 13.4.